The highest BCUT2D eigenvalue weighted by atomic mass is 16.6. The predicted molar refractivity (Wildman–Crippen MR) is 132 cm³/mol. The first-order valence-electron chi connectivity index (χ1n) is 11.5. The summed E-state index contributed by atoms with van der Waals surface area (Å²) in [6.45, 7) is 6.55. The average Bonchev–Trinajstić information content (AvgIpc) is 3.52. The van der Waals surface area contributed by atoms with Crippen molar-refractivity contribution in [1.29, 1.82) is 0 Å². The molecule has 2 unspecified atom stereocenters. The predicted octanol–water partition coefficient (Wildman–Crippen LogP) is 5.02. The van der Waals surface area contributed by atoms with E-state index in [1.54, 1.807) is 6.08 Å². The molecule has 178 valence electrons. The number of benzene rings is 2. The van der Waals surface area contributed by atoms with Crippen LogP contribution in [0.25, 0.3) is 17.1 Å². The van der Waals surface area contributed by atoms with E-state index in [9.17, 15) is 9.59 Å². The fraction of sp³-hybridized carbons (Fsp3) is 0.370. The van der Waals surface area contributed by atoms with Crippen LogP contribution in [0.1, 0.15) is 56.0 Å². The molecule has 1 aliphatic rings. The summed E-state index contributed by atoms with van der Waals surface area (Å²) in [5, 5.41) is 2.85. The van der Waals surface area contributed by atoms with Gasteiger partial charge in [0.25, 0.3) is 0 Å². The van der Waals surface area contributed by atoms with Crippen molar-refractivity contribution in [2.45, 2.75) is 51.2 Å². The summed E-state index contributed by atoms with van der Waals surface area (Å²) in [5.41, 5.74) is 3.51. The number of nitrogens with one attached hydrogen (secondary N) is 1. The molecule has 2 aromatic carbocycles. The maximum atomic E-state index is 12.1. The zero-order valence-corrected chi connectivity index (χ0v) is 20.1. The second-order valence-corrected chi connectivity index (χ2v) is 9.51. The normalized spacial score (nSPS) is 17.6. The Morgan fingerprint density at radius 3 is 2.62 bits per heavy atom. The van der Waals surface area contributed by atoms with Crippen LogP contribution < -0.4 is 5.32 Å². The highest BCUT2D eigenvalue weighted by Gasteiger charge is 2.42. The van der Waals surface area contributed by atoms with E-state index in [1.807, 2.05) is 45.0 Å². The summed E-state index contributed by atoms with van der Waals surface area (Å²) in [7, 11) is 1.36. The Morgan fingerprint density at radius 2 is 1.91 bits per heavy atom. The van der Waals surface area contributed by atoms with Crippen LogP contribution in [0, 0.1) is 0 Å². The average molecular weight is 462 g/mol. The molecule has 7 nitrogen and oxygen atoms in total. The fourth-order valence-corrected chi connectivity index (χ4v) is 4.15. The maximum Gasteiger partial charge on any atom is 0.407 e. The highest BCUT2D eigenvalue weighted by molar-refractivity contribution is 5.88. The van der Waals surface area contributed by atoms with E-state index in [1.165, 1.54) is 18.7 Å². The minimum absolute atomic E-state index is 0.324. The van der Waals surface area contributed by atoms with Crippen molar-refractivity contribution in [3.05, 3.63) is 71.6 Å². The minimum atomic E-state index is -0.540. The third-order valence-electron chi connectivity index (χ3n) is 5.77. The molecule has 7 heteroatoms. The lowest BCUT2D eigenvalue weighted by Crippen LogP contribution is -2.34. The van der Waals surface area contributed by atoms with Gasteiger partial charge in [-0.25, -0.2) is 14.6 Å². The molecule has 0 spiro atoms. The zero-order valence-electron chi connectivity index (χ0n) is 20.1. The summed E-state index contributed by atoms with van der Waals surface area (Å²) in [6, 6.07) is 16.4. The van der Waals surface area contributed by atoms with Crippen molar-refractivity contribution in [3.63, 3.8) is 0 Å². The molecular weight excluding hydrogens is 430 g/mol. The van der Waals surface area contributed by atoms with Gasteiger partial charge in [0, 0.05) is 25.1 Å². The molecule has 1 heterocycles. The number of carbonyl (C=O) groups excluding carboxylic acids is 2. The number of aromatic nitrogens is 2. The Labute approximate surface area is 199 Å². The van der Waals surface area contributed by atoms with Crippen LogP contribution in [0.15, 0.2) is 54.6 Å². The van der Waals surface area contributed by atoms with Crippen molar-refractivity contribution >= 4 is 29.2 Å². The number of hydrogen-bond donors (Lipinski definition) is 1. The number of imidazole rings is 1. The van der Waals surface area contributed by atoms with Crippen LogP contribution in [-0.2, 0) is 20.8 Å². The van der Waals surface area contributed by atoms with Gasteiger partial charge in [-0.2, -0.15) is 0 Å². The first kappa shape index (κ1) is 23.5. The second kappa shape index (κ2) is 9.71. The van der Waals surface area contributed by atoms with Gasteiger partial charge in [0.1, 0.15) is 11.4 Å². The molecule has 0 radical (unpaired) electrons. The lowest BCUT2D eigenvalue weighted by molar-refractivity contribution is -0.134. The molecule has 2 atom stereocenters. The third kappa shape index (κ3) is 5.65. The lowest BCUT2D eigenvalue weighted by atomic mass is 10.1. The van der Waals surface area contributed by atoms with Crippen molar-refractivity contribution in [1.82, 2.24) is 14.9 Å². The van der Waals surface area contributed by atoms with E-state index in [4.69, 9.17) is 9.72 Å². The Hall–Kier alpha value is -3.61. The smallest absolute Gasteiger partial charge is 0.407 e. The van der Waals surface area contributed by atoms with Crippen LogP contribution in [0.3, 0.4) is 0 Å². The molecular formula is C27H31N3O4. The molecule has 1 amide bonds. The molecule has 1 aromatic heterocycles. The molecule has 1 aliphatic carbocycles. The van der Waals surface area contributed by atoms with E-state index in [2.05, 4.69) is 38.9 Å². The van der Waals surface area contributed by atoms with Gasteiger partial charge in [-0.15, -0.1) is 0 Å². The Morgan fingerprint density at radius 1 is 1.15 bits per heavy atom. The monoisotopic (exact) mass is 461 g/mol. The number of methoxy groups -OCH3 is 1. The zero-order chi connectivity index (χ0) is 24.3. The number of amides is 1. The minimum Gasteiger partial charge on any atom is -0.466 e. The summed E-state index contributed by atoms with van der Waals surface area (Å²) >= 11 is 0. The van der Waals surface area contributed by atoms with Gasteiger partial charge in [-0.3, -0.25) is 0 Å². The summed E-state index contributed by atoms with van der Waals surface area (Å²) < 4.78 is 12.2. The molecule has 0 bridgehead atoms. The Bertz CT molecular complexity index is 1210. The van der Waals surface area contributed by atoms with E-state index in [-0.39, 0.29) is 0 Å². The van der Waals surface area contributed by atoms with Crippen LogP contribution in [0.2, 0.25) is 0 Å². The van der Waals surface area contributed by atoms with Crippen molar-refractivity contribution < 1.29 is 19.1 Å². The van der Waals surface area contributed by atoms with Gasteiger partial charge in [0.05, 0.1) is 18.1 Å². The third-order valence-corrected chi connectivity index (χ3v) is 5.77. The molecule has 34 heavy (non-hydrogen) atoms. The van der Waals surface area contributed by atoms with Gasteiger partial charge >= 0.3 is 12.1 Å². The summed E-state index contributed by atoms with van der Waals surface area (Å²) in [5.74, 6) is 1.38. The Balaban J connectivity index is 1.58. The number of esters is 1. The van der Waals surface area contributed by atoms with Gasteiger partial charge in [0.15, 0.2) is 0 Å². The first-order chi connectivity index (χ1) is 16.2. The van der Waals surface area contributed by atoms with Crippen LogP contribution in [-0.4, -0.2) is 40.9 Å². The quantitative estimate of drug-likeness (QED) is 0.395. The van der Waals surface area contributed by atoms with E-state index in [0.29, 0.717) is 24.9 Å². The number of fused-ring (bicyclic) bond motifs is 1. The van der Waals surface area contributed by atoms with Crippen molar-refractivity contribution in [3.8, 4) is 0 Å². The van der Waals surface area contributed by atoms with Gasteiger partial charge in [-0.1, -0.05) is 36.4 Å². The molecule has 4 rings (SSSR count). The SMILES string of the molecule is COC(=O)/C=C/c1ccc2c(c1)nc(C1CC1c1ccccc1)n2CCNC(=O)OC(C)(C)C. The van der Waals surface area contributed by atoms with Crippen LogP contribution in [0.5, 0.6) is 0 Å². The van der Waals surface area contributed by atoms with Gasteiger partial charge in [-0.05, 0) is 62.4 Å². The number of ether oxygens (including phenoxy) is 2. The lowest BCUT2D eigenvalue weighted by Gasteiger charge is -2.20. The first-order valence-corrected chi connectivity index (χ1v) is 11.5. The molecule has 1 N–H and O–H groups in total. The molecule has 3 aromatic rings. The van der Waals surface area contributed by atoms with Crippen LogP contribution in [0.4, 0.5) is 4.79 Å². The summed E-state index contributed by atoms with van der Waals surface area (Å²) in [6.07, 6.45) is 3.73. The standard InChI is InChI=1S/C27H31N3O4/c1-27(2,3)34-26(32)28-14-15-30-23-12-10-18(11-13-24(31)33-4)16-22(23)29-25(30)21-17-20(21)19-8-6-5-7-9-19/h5-13,16,20-21H,14-15,17H2,1-4H3,(H,28,32)/b13-11+. The van der Waals surface area contributed by atoms with Gasteiger partial charge < -0.3 is 19.4 Å². The maximum absolute atomic E-state index is 12.1. The Kier molecular flexibility index (Phi) is 6.72. The topological polar surface area (TPSA) is 82.5 Å². The number of carbonyl (C=O) groups is 2. The number of nitrogens with zero attached hydrogens (tertiary/aromatic N) is 2. The summed E-state index contributed by atoms with van der Waals surface area (Å²) in [4.78, 5) is 28.6. The molecule has 1 fully saturated rings. The van der Waals surface area contributed by atoms with E-state index >= 15 is 0 Å². The van der Waals surface area contributed by atoms with Gasteiger partial charge in [0.2, 0.25) is 0 Å². The van der Waals surface area contributed by atoms with Crippen LogP contribution >= 0.6 is 0 Å². The van der Waals surface area contributed by atoms with E-state index < -0.39 is 17.7 Å². The fourth-order valence-electron chi connectivity index (χ4n) is 4.15. The molecule has 0 aliphatic heterocycles. The largest absolute Gasteiger partial charge is 0.466 e. The highest BCUT2D eigenvalue weighted by Crippen LogP contribution is 2.54. The second-order valence-electron chi connectivity index (χ2n) is 9.51. The molecule has 0 saturated heterocycles. The number of alkyl carbamates (subject to hydrolysis) is 1. The van der Waals surface area contributed by atoms with Crippen molar-refractivity contribution in [2.75, 3.05) is 13.7 Å². The van der Waals surface area contributed by atoms with E-state index in [0.717, 1.165) is 28.8 Å². The number of hydrogen-bond acceptors (Lipinski definition) is 5. The van der Waals surface area contributed by atoms with Crippen molar-refractivity contribution in [2.24, 2.45) is 0 Å². The number of rotatable bonds is 7. The molecule has 1 saturated carbocycles.